The van der Waals surface area contributed by atoms with Gasteiger partial charge in [-0.2, -0.15) is 4.98 Å². The van der Waals surface area contributed by atoms with Crippen LogP contribution < -0.4 is 0 Å². The second kappa shape index (κ2) is 4.35. The first-order valence-electron chi connectivity index (χ1n) is 5.33. The van der Waals surface area contributed by atoms with E-state index in [1.165, 1.54) is 0 Å². The molecule has 0 saturated carbocycles. The van der Waals surface area contributed by atoms with Crippen molar-refractivity contribution in [1.82, 2.24) is 10.1 Å². The fourth-order valence-electron chi connectivity index (χ4n) is 1.37. The van der Waals surface area contributed by atoms with Crippen molar-refractivity contribution in [2.24, 2.45) is 0 Å². The molecule has 4 heteroatoms. The second-order valence-corrected chi connectivity index (χ2v) is 3.82. The van der Waals surface area contributed by atoms with Crippen molar-refractivity contribution in [3.8, 4) is 17.2 Å². The van der Waals surface area contributed by atoms with Crippen LogP contribution in [0.2, 0.25) is 0 Å². The number of hydrogen-bond donors (Lipinski definition) is 1. The average molecular weight is 218 g/mol. The molecule has 1 aromatic carbocycles. The molecule has 0 spiro atoms. The maximum atomic E-state index is 9.35. The summed E-state index contributed by atoms with van der Waals surface area (Å²) in [6.07, 6.45) is 0.971. The van der Waals surface area contributed by atoms with Crippen LogP contribution in [-0.4, -0.2) is 15.2 Å². The van der Waals surface area contributed by atoms with Crippen LogP contribution in [0.4, 0.5) is 0 Å². The number of rotatable bonds is 3. The second-order valence-electron chi connectivity index (χ2n) is 3.82. The maximum absolute atomic E-state index is 9.35. The van der Waals surface area contributed by atoms with Gasteiger partial charge >= 0.3 is 0 Å². The summed E-state index contributed by atoms with van der Waals surface area (Å²) in [5, 5.41) is 13.3. The van der Waals surface area contributed by atoms with Crippen LogP contribution in [0.1, 0.15) is 32.0 Å². The molecular weight excluding hydrogens is 204 g/mol. The SMILES string of the molecule is CCC(C)c1noc(-c2cccc(O)c2)n1. The average Bonchev–Trinajstić information content (AvgIpc) is 2.77. The number of nitrogens with zero attached hydrogens (tertiary/aromatic N) is 2. The third kappa shape index (κ3) is 2.05. The van der Waals surface area contributed by atoms with Gasteiger partial charge in [0.25, 0.3) is 5.89 Å². The Hall–Kier alpha value is -1.84. The van der Waals surface area contributed by atoms with Crippen LogP contribution >= 0.6 is 0 Å². The van der Waals surface area contributed by atoms with Gasteiger partial charge in [0, 0.05) is 11.5 Å². The van der Waals surface area contributed by atoms with Gasteiger partial charge in [-0.25, -0.2) is 0 Å². The monoisotopic (exact) mass is 218 g/mol. The van der Waals surface area contributed by atoms with E-state index in [4.69, 9.17) is 4.52 Å². The number of benzene rings is 1. The molecule has 0 saturated heterocycles. The molecule has 1 atom stereocenters. The van der Waals surface area contributed by atoms with Crippen LogP contribution in [-0.2, 0) is 0 Å². The Morgan fingerprint density at radius 3 is 2.94 bits per heavy atom. The Kier molecular flexibility index (Phi) is 2.90. The standard InChI is InChI=1S/C12H14N2O2/c1-3-8(2)11-13-12(16-14-11)9-5-4-6-10(15)7-9/h4-8,15H,3H2,1-2H3. The Labute approximate surface area is 93.9 Å². The lowest BCUT2D eigenvalue weighted by Gasteiger charge is -1.98. The van der Waals surface area contributed by atoms with Gasteiger partial charge in [-0.1, -0.05) is 25.1 Å². The topological polar surface area (TPSA) is 59.2 Å². The minimum absolute atomic E-state index is 0.195. The van der Waals surface area contributed by atoms with Crippen molar-refractivity contribution in [2.45, 2.75) is 26.2 Å². The van der Waals surface area contributed by atoms with Crippen LogP contribution in [0.3, 0.4) is 0 Å². The van der Waals surface area contributed by atoms with E-state index in [0.29, 0.717) is 11.7 Å². The fraction of sp³-hybridized carbons (Fsp3) is 0.333. The van der Waals surface area contributed by atoms with Crippen LogP contribution in [0.5, 0.6) is 5.75 Å². The fourth-order valence-corrected chi connectivity index (χ4v) is 1.37. The largest absolute Gasteiger partial charge is 0.508 e. The van der Waals surface area contributed by atoms with E-state index in [-0.39, 0.29) is 11.7 Å². The maximum Gasteiger partial charge on any atom is 0.258 e. The molecular formula is C12H14N2O2. The summed E-state index contributed by atoms with van der Waals surface area (Å²) in [4.78, 5) is 4.30. The van der Waals surface area contributed by atoms with Crippen LogP contribution in [0.15, 0.2) is 28.8 Å². The van der Waals surface area contributed by atoms with Crippen molar-refractivity contribution >= 4 is 0 Å². The molecule has 2 aromatic rings. The van der Waals surface area contributed by atoms with Gasteiger partial charge < -0.3 is 9.63 Å². The van der Waals surface area contributed by atoms with Crippen molar-refractivity contribution in [1.29, 1.82) is 0 Å². The zero-order valence-electron chi connectivity index (χ0n) is 9.34. The van der Waals surface area contributed by atoms with Crippen molar-refractivity contribution in [3.63, 3.8) is 0 Å². The van der Waals surface area contributed by atoms with Crippen molar-refractivity contribution < 1.29 is 9.63 Å². The minimum Gasteiger partial charge on any atom is -0.508 e. The summed E-state index contributed by atoms with van der Waals surface area (Å²) in [5.41, 5.74) is 0.738. The number of hydrogen-bond acceptors (Lipinski definition) is 4. The van der Waals surface area contributed by atoms with E-state index in [9.17, 15) is 5.11 Å². The van der Waals surface area contributed by atoms with Crippen molar-refractivity contribution in [3.05, 3.63) is 30.1 Å². The summed E-state index contributed by atoms with van der Waals surface area (Å²) >= 11 is 0. The van der Waals surface area contributed by atoms with Gasteiger partial charge in [-0.3, -0.25) is 0 Å². The third-order valence-electron chi connectivity index (χ3n) is 2.59. The molecule has 0 fully saturated rings. The Balaban J connectivity index is 2.31. The molecule has 0 bridgehead atoms. The smallest absolute Gasteiger partial charge is 0.258 e. The molecule has 0 aliphatic rings. The van der Waals surface area contributed by atoms with E-state index in [0.717, 1.165) is 12.0 Å². The number of phenolic OH excluding ortho intramolecular Hbond substituents is 1. The van der Waals surface area contributed by atoms with E-state index in [1.807, 2.05) is 6.07 Å². The lowest BCUT2D eigenvalue weighted by atomic mass is 10.1. The normalized spacial score (nSPS) is 12.6. The zero-order chi connectivity index (χ0) is 11.5. The highest BCUT2D eigenvalue weighted by molar-refractivity contribution is 5.55. The van der Waals surface area contributed by atoms with Gasteiger partial charge in [-0.05, 0) is 24.6 Å². The summed E-state index contributed by atoms with van der Waals surface area (Å²) < 4.78 is 5.16. The molecule has 2 rings (SSSR count). The van der Waals surface area contributed by atoms with Gasteiger partial charge in [0.05, 0.1) is 0 Å². The van der Waals surface area contributed by atoms with Crippen molar-refractivity contribution in [2.75, 3.05) is 0 Å². The van der Waals surface area contributed by atoms with Gasteiger partial charge in [0.1, 0.15) is 5.75 Å². The lowest BCUT2D eigenvalue weighted by molar-refractivity contribution is 0.416. The molecule has 0 aliphatic carbocycles. The third-order valence-corrected chi connectivity index (χ3v) is 2.59. The number of phenols is 1. The molecule has 16 heavy (non-hydrogen) atoms. The number of aromatic nitrogens is 2. The van der Waals surface area contributed by atoms with Crippen LogP contribution in [0, 0.1) is 0 Å². The summed E-state index contributed by atoms with van der Waals surface area (Å²) in [7, 11) is 0. The van der Waals surface area contributed by atoms with Gasteiger partial charge in [-0.15, -0.1) is 0 Å². The van der Waals surface area contributed by atoms with Crippen LogP contribution in [0.25, 0.3) is 11.5 Å². The molecule has 1 N–H and O–H groups in total. The molecule has 0 radical (unpaired) electrons. The molecule has 0 amide bonds. The van der Waals surface area contributed by atoms with E-state index < -0.39 is 0 Å². The zero-order valence-corrected chi connectivity index (χ0v) is 9.34. The molecule has 0 aliphatic heterocycles. The first kappa shape index (κ1) is 10.7. The predicted molar refractivity (Wildman–Crippen MR) is 60.1 cm³/mol. The Morgan fingerprint density at radius 2 is 2.25 bits per heavy atom. The Morgan fingerprint density at radius 1 is 1.44 bits per heavy atom. The van der Waals surface area contributed by atoms with Gasteiger partial charge in [0.2, 0.25) is 0 Å². The lowest BCUT2D eigenvalue weighted by Crippen LogP contribution is -1.93. The quantitative estimate of drug-likeness (QED) is 0.860. The highest BCUT2D eigenvalue weighted by atomic mass is 16.5. The minimum atomic E-state index is 0.195. The van der Waals surface area contributed by atoms with Gasteiger partial charge in [0.15, 0.2) is 5.82 Å². The molecule has 1 aromatic heterocycles. The first-order valence-corrected chi connectivity index (χ1v) is 5.33. The summed E-state index contributed by atoms with van der Waals surface area (Å²) in [5.74, 6) is 1.64. The van der Waals surface area contributed by atoms with E-state index in [1.54, 1.807) is 18.2 Å². The summed E-state index contributed by atoms with van der Waals surface area (Å²) in [6, 6.07) is 6.79. The highest BCUT2D eigenvalue weighted by Crippen LogP contribution is 2.23. The molecule has 1 unspecified atom stereocenters. The predicted octanol–water partition coefficient (Wildman–Crippen LogP) is 2.96. The number of aromatic hydroxyl groups is 1. The Bertz CT molecular complexity index is 479. The molecule has 1 heterocycles. The molecule has 84 valence electrons. The van der Waals surface area contributed by atoms with E-state index in [2.05, 4.69) is 24.0 Å². The first-order chi connectivity index (χ1) is 7.70. The highest BCUT2D eigenvalue weighted by Gasteiger charge is 2.13. The summed E-state index contributed by atoms with van der Waals surface area (Å²) in [6.45, 7) is 4.13. The molecule has 4 nitrogen and oxygen atoms in total. The van der Waals surface area contributed by atoms with E-state index >= 15 is 0 Å².